The van der Waals surface area contributed by atoms with Crippen LogP contribution in [0.2, 0.25) is 0 Å². The van der Waals surface area contributed by atoms with Crippen LogP contribution in [0.25, 0.3) is 11.5 Å². The summed E-state index contributed by atoms with van der Waals surface area (Å²) in [7, 11) is 1.59. The van der Waals surface area contributed by atoms with Crippen molar-refractivity contribution in [2.24, 2.45) is 0 Å². The zero-order chi connectivity index (χ0) is 13.7. The molecule has 0 aliphatic carbocycles. The van der Waals surface area contributed by atoms with Crippen LogP contribution in [-0.4, -0.2) is 23.9 Å². The summed E-state index contributed by atoms with van der Waals surface area (Å²) < 4.78 is 16.0. The van der Waals surface area contributed by atoms with Gasteiger partial charge in [-0.25, -0.2) is 0 Å². The maximum absolute atomic E-state index is 5.64. The van der Waals surface area contributed by atoms with Gasteiger partial charge in [-0.2, -0.15) is 4.98 Å². The van der Waals surface area contributed by atoms with Gasteiger partial charge in [-0.15, -0.1) is 11.6 Å². The Morgan fingerprint density at radius 2 is 2.16 bits per heavy atom. The zero-order valence-electron chi connectivity index (χ0n) is 10.9. The minimum absolute atomic E-state index is 0.221. The second-order valence-corrected chi connectivity index (χ2v) is 4.13. The molecule has 1 heterocycles. The van der Waals surface area contributed by atoms with Crippen molar-refractivity contribution >= 4 is 11.6 Å². The molecule has 0 bridgehead atoms. The molecule has 5 nitrogen and oxygen atoms in total. The molecular weight excluding hydrogens is 268 g/mol. The lowest BCUT2D eigenvalue weighted by molar-refractivity contribution is 0.294. The van der Waals surface area contributed by atoms with Gasteiger partial charge in [-0.1, -0.05) is 12.1 Å². The van der Waals surface area contributed by atoms with Gasteiger partial charge in [0.05, 0.1) is 19.6 Å². The van der Waals surface area contributed by atoms with Gasteiger partial charge < -0.3 is 14.0 Å². The highest BCUT2D eigenvalue weighted by atomic mass is 35.5. The molecule has 0 amide bonds. The van der Waals surface area contributed by atoms with Gasteiger partial charge in [0, 0.05) is 5.56 Å². The Hall–Kier alpha value is -1.75. The molecule has 2 rings (SSSR count). The predicted octanol–water partition coefficient (Wildman–Crippen LogP) is 3.27. The van der Waals surface area contributed by atoms with Gasteiger partial charge in [0.15, 0.2) is 17.3 Å². The third-order valence-corrected chi connectivity index (χ3v) is 2.70. The number of rotatable bonds is 6. The van der Waals surface area contributed by atoms with E-state index in [1.54, 1.807) is 13.2 Å². The number of halogens is 1. The summed E-state index contributed by atoms with van der Waals surface area (Å²) in [5.41, 5.74) is 0.768. The maximum Gasteiger partial charge on any atom is 0.258 e. The number of hydrogen-bond acceptors (Lipinski definition) is 5. The van der Waals surface area contributed by atoms with E-state index in [4.69, 9.17) is 25.6 Å². The zero-order valence-corrected chi connectivity index (χ0v) is 11.6. The average Bonchev–Trinajstić information content (AvgIpc) is 2.93. The molecule has 0 N–H and O–H groups in total. The number of benzene rings is 1. The topological polar surface area (TPSA) is 57.4 Å². The molecule has 0 spiro atoms. The van der Waals surface area contributed by atoms with Crippen molar-refractivity contribution in [3.05, 3.63) is 24.0 Å². The second kappa shape index (κ2) is 6.43. The van der Waals surface area contributed by atoms with Crippen LogP contribution >= 0.6 is 11.6 Å². The molecule has 0 radical (unpaired) electrons. The fourth-order valence-corrected chi connectivity index (χ4v) is 1.67. The summed E-state index contributed by atoms with van der Waals surface area (Å²) in [6.45, 7) is 2.69. The lowest BCUT2D eigenvalue weighted by Crippen LogP contribution is -1.97. The van der Waals surface area contributed by atoms with Gasteiger partial charge in [-0.05, 0) is 24.6 Å². The van der Waals surface area contributed by atoms with Crippen molar-refractivity contribution < 1.29 is 14.0 Å². The molecule has 0 aliphatic heterocycles. The number of nitrogens with zero attached hydrogens (tertiary/aromatic N) is 2. The molecule has 2 aromatic rings. The van der Waals surface area contributed by atoms with E-state index in [2.05, 4.69) is 10.1 Å². The Labute approximate surface area is 116 Å². The summed E-state index contributed by atoms with van der Waals surface area (Å²) in [6, 6.07) is 5.48. The first-order valence-electron chi connectivity index (χ1n) is 5.98. The number of methoxy groups -OCH3 is 1. The van der Waals surface area contributed by atoms with Crippen molar-refractivity contribution in [3.8, 4) is 23.0 Å². The molecule has 0 saturated heterocycles. The molecule has 19 heavy (non-hydrogen) atoms. The predicted molar refractivity (Wildman–Crippen MR) is 71.6 cm³/mol. The largest absolute Gasteiger partial charge is 0.493 e. The first kappa shape index (κ1) is 13.7. The monoisotopic (exact) mass is 282 g/mol. The highest BCUT2D eigenvalue weighted by Crippen LogP contribution is 2.32. The van der Waals surface area contributed by atoms with Gasteiger partial charge in [0.1, 0.15) is 0 Å². The fourth-order valence-electron chi connectivity index (χ4n) is 1.56. The first-order chi connectivity index (χ1) is 9.28. The number of hydrogen-bond donors (Lipinski definition) is 0. The first-order valence-corrected chi connectivity index (χ1v) is 6.51. The lowest BCUT2D eigenvalue weighted by atomic mass is 10.2. The van der Waals surface area contributed by atoms with E-state index in [0.29, 0.717) is 29.8 Å². The van der Waals surface area contributed by atoms with E-state index < -0.39 is 0 Å². The Kier molecular flexibility index (Phi) is 4.63. The Morgan fingerprint density at radius 3 is 2.79 bits per heavy atom. The lowest BCUT2D eigenvalue weighted by Gasteiger charge is -2.10. The number of alkyl halides is 1. The van der Waals surface area contributed by atoms with Crippen LogP contribution in [0.1, 0.15) is 19.2 Å². The van der Waals surface area contributed by atoms with Crippen LogP contribution in [0.3, 0.4) is 0 Å². The summed E-state index contributed by atoms with van der Waals surface area (Å²) in [5.74, 6) is 2.43. The molecular formula is C13H15ClN2O3. The van der Waals surface area contributed by atoms with E-state index in [9.17, 15) is 0 Å². The molecule has 102 valence electrons. The third kappa shape index (κ3) is 3.17. The van der Waals surface area contributed by atoms with Gasteiger partial charge >= 0.3 is 0 Å². The minimum Gasteiger partial charge on any atom is -0.493 e. The van der Waals surface area contributed by atoms with Crippen LogP contribution in [0, 0.1) is 0 Å². The van der Waals surface area contributed by atoms with Gasteiger partial charge in [-0.3, -0.25) is 0 Å². The number of aromatic nitrogens is 2. The fraction of sp³-hybridized carbons (Fsp3) is 0.385. The smallest absolute Gasteiger partial charge is 0.258 e. The molecule has 0 aliphatic rings. The Balaban J connectivity index is 2.27. The summed E-state index contributed by atoms with van der Waals surface area (Å²) in [5, 5.41) is 3.75. The molecule has 1 aromatic carbocycles. The van der Waals surface area contributed by atoms with E-state index >= 15 is 0 Å². The molecule has 0 unspecified atom stereocenters. The van der Waals surface area contributed by atoms with E-state index in [1.807, 2.05) is 19.1 Å². The summed E-state index contributed by atoms with van der Waals surface area (Å²) in [6.07, 6.45) is 0.938. The van der Waals surface area contributed by atoms with Crippen molar-refractivity contribution in [1.82, 2.24) is 10.1 Å². The van der Waals surface area contributed by atoms with Crippen LogP contribution < -0.4 is 9.47 Å². The Morgan fingerprint density at radius 1 is 1.32 bits per heavy atom. The minimum atomic E-state index is 0.221. The molecule has 6 heteroatoms. The van der Waals surface area contributed by atoms with Crippen LogP contribution in [0.15, 0.2) is 22.7 Å². The SMILES string of the molecule is CCCOc1ccc(-c2nc(CCl)no2)cc1OC. The normalized spacial score (nSPS) is 10.5. The van der Waals surface area contributed by atoms with Crippen molar-refractivity contribution in [3.63, 3.8) is 0 Å². The highest BCUT2D eigenvalue weighted by molar-refractivity contribution is 6.16. The maximum atomic E-state index is 5.64. The van der Waals surface area contributed by atoms with Crippen molar-refractivity contribution in [1.29, 1.82) is 0 Å². The standard InChI is InChI=1S/C13H15ClN2O3/c1-3-6-18-10-5-4-9(7-11(10)17-2)13-15-12(8-14)16-19-13/h4-5,7H,3,6,8H2,1-2H3. The van der Waals surface area contributed by atoms with E-state index in [-0.39, 0.29) is 5.88 Å². The van der Waals surface area contributed by atoms with Crippen LogP contribution in [0.5, 0.6) is 11.5 Å². The third-order valence-electron chi connectivity index (χ3n) is 2.46. The van der Waals surface area contributed by atoms with E-state index in [0.717, 1.165) is 12.0 Å². The molecule has 0 atom stereocenters. The van der Waals surface area contributed by atoms with Crippen LogP contribution in [-0.2, 0) is 5.88 Å². The highest BCUT2D eigenvalue weighted by Gasteiger charge is 2.12. The summed E-state index contributed by atoms with van der Waals surface area (Å²) >= 11 is 5.64. The number of ether oxygens (including phenoxy) is 2. The van der Waals surface area contributed by atoms with E-state index in [1.165, 1.54) is 0 Å². The van der Waals surface area contributed by atoms with Crippen molar-refractivity contribution in [2.75, 3.05) is 13.7 Å². The summed E-state index contributed by atoms with van der Waals surface area (Å²) in [4.78, 5) is 4.16. The molecule has 0 fully saturated rings. The van der Waals surface area contributed by atoms with Gasteiger partial charge in [0.2, 0.25) is 0 Å². The molecule has 0 saturated carbocycles. The van der Waals surface area contributed by atoms with Gasteiger partial charge in [0.25, 0.3) is 5.89 Å². The average molecular weight is 283 g/mol. The Bertz CT molecular complexity index is 542. The molecule has 1 aromatic heterocycles. The quantitative estimate of drug-likeness (QED) is 0.761. The van der Waals surface area contributed by atoms with Crippen LogP contribution in [0.4, 0.5) is 0 Å². The second-order valence-electron chi connectivity index (χ2n) is 3.86. The van der Waals surface area contributed by atoms with Crippen molar-refractivity contribution in [2.45, 2.75) is 19.2 Å².